The van der Waals surface area contributed by atoms with Crippen LogP contribution in [0.1, 0.15) is 19.4 Å². The molecule has 0 heterocycles. The van der Waals surface area contributed by atoms with E-state index < -0.39 is 0 Å². The first-order valence-corrected chi connectivity index (χ1v) is 7.36. The standard InChI is InChI=1S/C19H20N2O2/c1-14(13-16-7-5-4-6-8-16)19(23)20-17-9-11-18(12-10-17)21(3)15(2)22/h4-13H,1-3H3,(H,20,23)/b14-13+. The van der Waals surface area contributed by atoms with E-state index in [1.807, 2.05) is 36.4 Å². The molecule has 0 unspecified atom stereocenters. The number of hydrogen-bond donors (Lipinski definition) is 1. The normalized spacial score (nSPS) is 11.0. The molecule has 2 aromatic rings. The summed E-state index contributed by atoms with van der Waals surface area (Å²) in [5.74, 6) is -0.190. The lowest BCUT2D eigenvalue weighted by Crippen LogP contribution is -2.22. The van der Waals surface area contributed by atoms with Crippen molar-refractivity contribution >= 4 is 29.3 Å². The SMILES string of the molecule is CC(=O)N(C)c1ccc(NC(=O)/C(C)=C/c2ccccc2)cc1. The first-order valence-electron chi connectivity index (χ1n) is 7.36. The molecule has 0 aromatic heterocycles. The lowest BCUT2D eigenvalue weighted by atomic mass is 10.1. The Balaban J connectivity index is 2.05. The highest BCUT2D eigenvalue weighted by Gasteiger charge is 2.07. The number of carbonyl (C=O) groups excluding carboxylic acids is 2. The maximum atomic E-state index is 12.2. The predicted molar refractivity (Wildman–Crippen MR) is 94.2 cm³/mol. The van der Waals surface area contributed by atoms with Gasteiger partial charge in [0.25, 0.3) is 5.91 Å². The third-order valence-electron chi connectivity index (χ3n) is 3.53. The highest BCUT2D eigenvalue weighted by Crippen LogP contribution is 2.18. The van der Waals surface area contributed by atoms with Crippen LogP contribution in [-0.2, 0) is 9.59 Å². The van der Waals surface area contributed by atoms with Gasteiger partial charge in [0.2, 0.25) is 5.91 Å². The average molecular weight is 308 g/mol. The van der Waals surface area contributed by atoms with Gasteiger partial charge in [0.1, 0.15) is 0 Å². The number of benzene rings is 2. The van der Waals surface area contributed by atoms with E-state index in [-0.39, 0.29) is 11.8 Å². The minimum absolute atomic E-state index is 0.0385. The van der Waals surface area contributed by atoms with E-state index in [0.717, 1.165) is 11.3 Å². The zero-order valence-corrected chi connectivity index (χ0v) is 13.5. The van der Waals surface area contributed by atoms with E-state index in [1.165, 1.54) is 6.92 Å². The minimum Gasteiger partial charge on any atom is -0.322 e. The van der Waals surface area contributed by atoms with Gasteiger partial charge < -0.3 is 10.2 Å². The van der Waals surface area contributed by atoms with Crippen molar-refractivity contribution in [1.29, 1.82) is 0 Å². The lowest BCUT2D eigenvalue weighted by Gasteiger charge is -2.15. The summed E-state index contributed by atoms with van der Waals surface area (Å²) < 4.78 is 0. The molecule has 0 bridgehead atoms. The molecule has 118 valence electrons. The number of nitrogens with zero attached hydrogens (tertiary/aromatic N) is 1. The van der Waals surface area contributed by atoms with E-state index in [2.05, 4.69) is 5.32 Å². The molecule has 4 nitrogen and oxygen atoms in total. The molecule has 0 aliphatic heterocycles. The summed E-state index contributed by atoms with van der Waals surface area (Å²) in [5, 5.41) is 2.85. The fourth-order valence-corrected chi connectivity index (χ4v) is 2.04. The monoisotopic (exact) mass is 308 g/mol. The van der Waals surface area contributed by atoms with Crippen LogP contribution in [0.25, 0.3) is 6.08 Å². The van der Waals surface area contributed by atoms with Gasteiger partial charge in [0, 0.05) is 30.9 Å². The van der Waals surface area contributed by atoms with Crippen molar-refractivity contribution in [1.82, 2.24) is 0 Å². The van der Waals surface area contributed by atoms with E-state index in [9.17, 15) is 9.59 Å². The molecular weight excluding hydrogens is 288 g/mol. The van der Waals surface area contributed by atoms with E-state index in [1.54, 1.807) is 43.1 Å². The van der Waals surface area contributed by atoms with Crippen LogP contribution in [0.4, 0.5) is 11.4 Å². The van der Waals surface area contributed by atoms with Crippen molar-refractivity contribution in [2.75, 3.05) is 17.3 Å². The molecule has 0 aliphatic carbocycles. The Labute approximate surface area is 136 Å². The van der Waals surface area contributed by atoms with Crippen LogP contribution in [0.5, 0.6) is 0 Å². The third-order valence-corrected chi connectivity index (χ3v) is 3.53. The molecule has 0 aliphatic rings. The van der Waals surface area contributed by atoms with Crippen molar-refractivity contribution in [3.63, 3.8) is 0 Å². The van der Waals surface area contributed by atoms with Crippen LogP contribution in [-0.4, -0.2) is 18.9 Å². The summed E-state index contributed by atoms with van der Waals surface area (Å²) in [7, 11) is 1.71. The summed E-state index contributed by atoms with van der Waals surface area (Å²) in [6.45, 7) is 3.29. The van der Waals surface area contributed by atoms with Crippen LogP contribution < -0.4 is 10.2 Å². The quantitative estimate of drug-likeness (QED) is 0.875. The first-order chi connectivity index (χ1) is 11.0. The third kappa shape index (κ3) is 4.54. The Morgan fingerprint density at radius 3 is 2.13 bits per heavy atom. The second-order valence-electron chi connectivity index (χ2n) is 5.32. The van der Waals surface area contributed by atoms with Gasteiger partial charge in [-0.15, -0.1) is 0 Å². The van der Waals surface area contributed by atoms with Gasteiger partial charge >= 0.3 is 0 Å². The molecular formula is C19H20N2O2. The van der Waals surface area contributed by atoms with E-state index in [0.29, 0.717) is 11.3 Å². The highest BCUT2D eigenvalue weighted by molar-refractivity contribution is 6.06. The minimum atomic E-state index is -0.151. The molecule has 1 N–H and O–H groups in total. The summed E-state index contributed by atoms with van der Waals surface area (Å²) in [5.41, 5.74) is 3.09. The Kier molecular flexibility index (Phi) is 5.31. The van der Waals surface area contributed by atoms with Crippen LogP contribution in [0, 0.1) is 0 Å². The Morgan fingerprint density at radius 2 is 1.57 bits per heavy atom. The zero-order valence-electron chi connectivity index (χ0n) is 13.5. The number of nitrogens with one attached hydrogen (secondary N) is 1. The molecule has 0 spiro atoms. The van der Waals surface area contributed by atoms with Crippen LogP contribution in [0.15, 0.2) is 60.2 Å². The van der Waals surface area contributed by atoms with Crippen molar-refractivity contribution in [2.45, 2.75) is 13.8 Å². The second-order valence-corrected chi connectivity index (χ2v) is 5.32. The lowest BCUT2D eigenvalue weighted by molar-refractivity contribution is -0.116. The molecule has 0 saturated heterocycles. The molecule has 0 radical (unpaired) electrons. The zero-order chi connectivity index (χ0) is 16.8. The van der Waals surface area contributed by atoms with Gasteiger partial charge in [-0.1, -0.05) is 30.3 Å². The van der Waals surface area contributed by atoms with E-state index in [4.69, 9.17) is 0 Å². The molecule has 23 heavy (non-hydrogen) atoms. The highest BCUT2D eigenvalue weighted by atomic mass is 16.2. The van der Waals surface area contributed by atoms with Crippen molar-refractivity contribution in [2.24, 2.45) is 0 Å². The van der Waals surface area contributed by atoms with Gasteiger partial charge in [-0.2, -0.15) is 0 Å². The number of anilines is 2. The topological polar surface area (TPSA) is 49.4 Å². The fraction of sp³-hybridized carbons (Fsp3) is 0.158. The molecule has 2 aromatic carbocycles. The Morgan fingerprint density at radius 1 is 0.957 bits per heavy atom. The number of amides is 2. The smallest absolute Gasteiger partial charge is 0.251 e. The maximum absolute atomic E-state index is 12.2. The van der Waals surface area contributed by atoms with Crippen molar-refractivity contribution in [3.8, 4) is 0 Å². The molecule has 0 atom stereocenters. The van der Waals surface area contributed by atoms with Crippen LogP contribution >= 0.6 is 0 Å². The summed E-state index contributed by atoms with van der Waals surface area (Å²) in [6.07, 6.45) is 1.84. The van der Waals surface area contributed by atoms with Gasteiger partial charge in [0.15, 0.2) is 0 Å². The first kappa shape index (κ1) is 16.5. The van der Waals surface area contributed by atoms with Crippen LogP contribution in [0.3, 0.4) is 0 Å². The predicted octanol–water partition coefficient (Wildman–Crippen LogP) is 3.71. The Bertz CT molecular complexity index is 719. The average Bonchev–Trinajstić information content (AvgIpc) is 2.55. The van der Waals surface area contributed by atoms with Gasteiger partial charge in [0.05, 0.1) is 0 Å². The summed E-state index contributed by atoms with van der Waals surface area (Å²) in [4.78, 5) is 25.1. The summed E-state index contributed by atoms with van der Waals surface area (Å²) in [6, 6.07) is 16.9. The number of hydrogen-bond acceptors (Lipinski definition) is 2. The summed E-state index contributed by atoms with van der Waals surface area (Å²) >= 11 is 0. The largest absolute Gasteiger partial charge is 0.322 e. The molecule has 0 saturated carbocycles. The van der Waals surface area contributed by atoms with Gasteiger partial charge in [-0.25, -0.2) is 0 Å². The molecule has 2 rings (SSSR count). The van der Waals surface area contributed by atoms with Crippen molar-refractivity contribution in [3.05, 3.63) is 65.7 Å². The second kappa shape index (κ2) is 7.40. The fourth-order valence-electron chi connectivity index (χ4n) is 2.04. The van der Waals surface area contributed by atoms with Gasteiger partial charge in [-0.3, -0.25) is 9.59 Å². The molecule has 4 heteroatoms. The molecule has 0 fully saturated rings. The maximum Gasteiger partial charge on any atom is 0.251 e. The van der Waals surface area contributed by atoms with Crippen LogP contribution in [0.2, 0.25) is 0 Å². The Hall–Kier alpha value is -2.88. The number of rotatable bonds is 4. The van der Waals surface area contributed by atoms with Crippen molar-refractivity contribution < 1.29 is 9.59 Å². The van der Waals surface area contributed by atoms with Gasteiger partial charge in [-0.05, 0) is 42.8 Å². The van der Waals surface area contributed by atoms with E-state index >= 15 is 0 Å². The molecule has 2 amide bonds. The number of carbonyl (C=O) groups is 2.